The number of hydrogen-bond donors (Lipinski definition) is 1. The Balaban J connectivity index is 1.18. The van der Waals surface area contributed by atoms with Crippen LogP contribution in [0, 0.1) is 0 Å². The number of para-hydroxylation sites is 1. The van der Waals surface area contributed by atoms with Gasteiger partial charge in [0.05, 0.1) is 0 Å². The fraction of sp³-hybridized carbons (Fsp3) is 0.0233. The molecule has 8 aromatic rings. The highest BCUT2D eigenvalue weighted by molar-refractivity contribution is 6.12. The maximum atomic E-state index is 6.26. The third-order valence-corrected chi connectivity index (χ3v) is 8.77. The average molecular weight is 593 g/mol. The van der Waals surface area contributed by atoms with Gasteiger partial charge >= 0.3 is 0 Å². The van der Waals surface area contributed by atoms with Gasteiger partial charge in [-0.1, -0.05) is 115 Å². The summed E-state index contributed by atoms with van der Waals surface area (Å²) in [7, 11) is 0. The molecule has 0 saturated heterocycles. The Hall–Kier alpha value is -6.06. The van der Waals surface area contributed by atoms with Gasteiger partial charge in [-0.3, -0.25) is 0 Å². The molecule has 220 valence electrons. The van der Waals surface area contributed by atoms with Gasteiger partial charge in [-0.05, 0) is 99.3 Å². The Kier molecular flexibility index (Phi) is 6.85. The first-order chi connectivity index (χ1) is 22.7. The minimum absolute atomic E-state index is 0.446. The normalized spacial score (nSPS) is 11.6. The molecule has 1 aromatic heterocycles. The molecule has 0 bridgehead atoms. The molecule has 2 N–H and O–H groups in total. The van der Waals surface area contributed by atoms with Crippen molar-refractivity contribution in [2.24, 2.45) is 0 Å². The predicted octanol–water partition coefficient (Wildman–Crippen LogP) is 12.2. The third-order valence-electron chi connectivity index (χ3n) is 8.77. The topological polar surface area (TPSA) is 42.4 Å². The first kappa shape index (κ1) is 27.5. The molecule has 0 saturated carbocycles. The number of furan rings is 1. The second kappa shape index (κ2) is 11.5. The van der Waals surface area contributed by atoms with E-state index in [1.54, 1.807) is 0 Å². The highest BCUT2D eigenvalue weighted by atomic mass is 16.3. The van der Waals surface area contributed by atoms with E-state index in [9.17, 15) is 0 Å². The minimum Gasteiger partial charge on any atom is -0.440 e. The van der Waals surface area contributed by atoms with Crippen LogP contribution in [0.2, 0.25) is 0 Å². The molecule has 0 spiro atoms. The summed E-state index contributed by atoms with van der Waals surface area (Å²) in [5.74, 6) is 0.446. The van der Waals surface area contributed by atoms with Gasteiger partial charge in [0.25, 0.3) is 0 Å². The van der Waals surface area contributed by atoms with E-state index in [-0.39, 0.29) is 0 Å². The number of nitrogens with zero attached hydrogens (tertiary/aromatic N) is 1. The summed E-state index contributed by atoms with van der Waals surface area (Å²) in [6, 6.07) is 54.0. The molecule has 0 aliphatic heterocycles. The number of rotatable bonds is 6. The lowest BCUT2D eigenvalue weighted by Gasteiger charge is -2.26. The van der Waals surface area contributed by atoms with Gasteiger partial charge in [0.2, 0.25) is 0 Å². The van der Waals surface area contributed by atoms with Crippen LogP contribution in [0.1, 0.15) is 12.5 Å². The van der Waals surface area contributed by atoms with E-state index >= 15 is 0 Å². The molecule has 0 atom stereocenters. The smallest absolute Gasteiger partial charge is 0.198 e. The van der Waals surface area contributed by atoms with Crippen LogP contribution in [0.15, 0.2) is 162 Å². The Morgan fingerprint density at radius 3 is 1.91 bits per heavy atom. The van der Waals surface area contributed by atoms with Crippen LogP contribution in [0.5, 0.6) is 0 Å². The second-order valence-electron chi connectivity index (χ2n) is 11.5. The highest BCUT2D eigenvalue weighted by Gasteiger charge is 2.15. The van der Waals surface area contributed by atoms with Gasteiger partial charge in [0, 0.05) is 28.0 Å². The van der Waals surface area contributed by atoms with Crippen molar-refractivity contribution >= 4 is 61.5 Å². The van der Waals surface area contributed by atoms with Crippen LogP contribution < -0.4 is 10.6 Å². The Bertz CT molecular complexity index is 2360. The summed E-state index contributed by atoms with van der Waals surface area (Å²) in [5, 5.41) is 5.84. The summed E-state index contributed by atoms with van der Waals surface area (Å²) in [6.07, 6.45) is 4.02. The maximum Gasteiger partial charge on any atom is 0.198 e. The molecule has 46 heavy (non-hydrogen) atoms. The van der Waals surface area contributed by atoms with Gasteiger partial charge in [-0.15, -0.1) is 0 Å². The fourth-order valence-corrected chi connectivity index (χ4v) is 6.57. The van der Waals surface area contributed by atoms with Gasteiger partial charge in [-0.25, -0.2) is 0 Å². The molecule has 8 rings (SSSR count). The average Bonchev–Trinajstić information content (AvgIpc) is 3.44. The number of fused-ring (bicyclic) bond motifs is 4. The molecule has 0 fully saturated rings. The molecule has 3 heteroatoms. The van der Waals surface area contributed by atoms with Crippen LogP contribution in [0.4, 0.5) is 22.9 Å². The molecule has 3 nitrogen and oxygen atoms in total. The molecule has 0 unspecified atom stereocenters. The SMILES string of the molecule is C/C=C\c1c(N)oc2ccc3ccc(-c4ccc(N(c5ccccc5)c5ccc(-c6cccc7ccccc67)cc5)cc4)cc3c12. The molecule has 1 heterocycles. The zero-order valence-electron chi connectivity index (χ0n) is 25.5. The molecule has 0 aliphatic carbocycles. The Labute approximate surface area is 268 Å². The predicted molar refractivity (Wildman–Crippen MR) is 196 cm³/mol. The van der Waals surface area contributed by atoms with E-state index in [1.165, 1.54) is 21.9 Å². The lowest BCUT2D eigenvalue weighted by atomic mass is 9.97. The lowest BCUT2D eigenvalue weighted by molar-refractivity contribution is 0.637. The summed E-state index contributed by atoms with van der Waals surface area (Å²) < 4.78 is 5.90. The minimum atomic E-state index is 0.446. The number of hydrogen-bond acceptors (Lipinski definition) is 3. The van der Waals surface area contributed by atoms with Crippen molar-refractivity contribution in [3.63, 3.8) is 0 Å². The van der Waals surface area contributed by atoms with E-state index in [4.69, 9.17) is 10.2 Å². The van der Waals surface area contributed by atoms with Crippen molar-refractivity contribution in [3.8, 4) is 22.3 Å². The van der Waals surface area contributed by atoms with Crippen molar-refractivity contribution in [3.05, 3.63) is 163 Å². The van der Waals surface area contributed by atoms with Crippen molar-refractivity contribution in [1.29, 1.82) is 0 Å². The largest absolute Gasteiger partial charge is 0.440 e. The number of nitrogens with two attached hydrogens (primary N) is 1. The third kappa shape index (κ3) is 4.79. The van der Waals surface area contributed by atoms with Crippen molar-refractivity contribution < 1.29 is 4.42 Å². The highest BCUT2D eigenvalue weighted by Crippen LogP contribution is 2.39. The first-order valence-corrected chi connectivity index (χ1v) is 15.6. The standard InChI is InChI=1S/C43H32N2O/c1-2-9-39-42-40-28-33(17-16-32(40)22-27-41(42)46-43(39)44)29-18-23-35(24-19-29)45(34-12-4-3-5-13-34)36-25-20-31(21-26-36)38-15-8-11-30-10-6-7-14-37(30)38/h2-28H,44H2,1H3/b9-2-. The van der Waals surface area contributed by atoms with Gasteiger partial charge in [-0.2, -0.15) is 0 Å². The van der Waals surface area contributed by atoms with Crippen LogP contribution >= 0.6 is 0 Å². The van der Waals surface area contributed by atoms with Gasteiger partial charge in [0.15, 0.2) is 5.88 Å². The van der Waals surface area contributed by atoms with Crippen molar-refractivity contribution in [2.75, 3.05) is 10.6 Å². The quantitative estimate of drug-likeness (QED) is 0.209. The summed E-state index contributed by atoms with van der Waals surface area (Å²) in [4.78, 5) is 2.30. The molecule has 0 radical (unpaired) electrons. The molecule has 0 amide bonds. The van der Waals surface area contributed by atoms with E-state index < -0.39 is 0 Å². The van der Waals surface area contributed by atoms with E-state index in [0.717, 1.165) is 55.5 Å². The maximum absolute atomic E-state index is 6.26. The summed E-state index contributed by atoms with van der Waals surface area (Å²) in [6.45, 7) is 1.99. The van der Waals surface area contributed by atoms with Crippen LogP contribution in [0.3, 0.4) is 0 Å². The first-order valence-electron chi connectivity index (χ1n) is 15.6. The molecular weight excluding hydrogens is 560 g/mol. The van der Waals surface area contributed by atoms with Crippen LogP contribution in [-0.2, 0) is 0 Å². The monoisotopic (exact) mass is 592 g/mol. The summed E-state index contributed by atoms with van der Waals surface area (Å²) >= 11 is 0. The van der Waals surface area contributed by atoms with E-state index in [1.807, 2.05) is 25.1 Å². The van der Waals surface area contributed by atoms with E-state index in [0.29, 0.717) is 5.88 Å². The zero-order chi connectivity index (χ0) is 31.0. The summed E-state index contributed by atoms with van der Waals surface area (Å²) in [5.41, 5.74) is 16.0. The van der Waals surface area contributed by atoms with E-state index in [2.05, 4.69) is 150 Å². The van der Waals surface area contributed by atoms with Crippen molar-refractivity contribution in [2.45, 2.75) is 6.92 Å². The molecule has 0 aliphatic rings. The lowest BCUT2D eigenvalue weighted by Crippen LogP contribution is -2.09. The Morgan fingerprint density at radius 2 is 1.15 bits per heavy atom. The second-order valence-corrected chi connectivity index (χ2v) is 11.5. The van der Waals surface area contributed by atoms with Crippen LogP contribution in [-0.4, -0.2) is 0 Å². The number of anilines is 4. The van der Waals surface area contributed by atoms with Crippen molar-refractivity contribution in [1.82, 2.24) is 0 Å². The molecular formula is C43H32N2O. The van der Waals surface area contributed by atoms with Gasteiger partial charge < -0.3 is 15.1 Å². The van der Waals surface area contributed by atoms with Crippen LogP contribution in [0.25, 0.3) is 60.8 Å². The number of benzene rings is 7. The molecule has 7 aromatic carbocycles. The fourth-order valence-electron chi connectivity index (χ4n) is 6.57. The number of allylic oxidation sites excluding steroid dienone is 1. The zero-order valence-corrected chi connectivity index (χ0v) is 25.5. The Morgan fingerprint density at radius 1 is 0.543 bits per heavy atom. The number of nitrogen functional groups attached to an aromatic ring is 1. The van der Waals surface area contributed by atoms with Gasteiger partial charge in [0.1, 0.15) is 5.58 Å².